The van der Waals surface area contributed by atoms with Gasteiger partial charge in [-0.3, -0.25) is 4.90 Å². The highest BCUT2D eigenvalue weighted by Gasteiger charge is 2.31. The summed E-state index contributed by atoms with van der Waals surface area (Å²) in [5.74, 6) is 0. The Kier molecular flexibility index (Phi) is 9.47. The average molecular weight is 557 g/mol. The van der Waals surface area contributed by atoms with Crippen molar-refractivity contribution in [2.75, 3.05) is 26.3 Å². The molecule has 1 fully saturated rings. The molecule has 6 heteroatoms. The maximum Gasteiger partial charge on any atom is 0.478 e. The molecule has 6 rings (SSSR count). The van der Waals surface area contributed by atoms with Crippen molar-refractivity contribution in [3.05, 3.63) is 151 Å². The fourth-order valence-electron chi connectivity index (χ4n) is 5.94. The van der Waals surface area contributed by atoms with Gasteiger partial charge in [-0.1, -0.05) is 121 Å². The fourth-order valence-corrected chi connectivity index (χ4v) is 5.94. The van der Waals surface area contributed by atoms with Crippen molar-refractivity contribution in [2.24, 2.45) is 0 Å². The highest BCUT2D eigenvalue weighted by Crippen LogP contribution is 2.09. The monoisotopic (exact) mass is 556 g/mol. The van der Waals surface area contributed by atoms with Gasteiger partial charge in [-0.25, -0.2) is 4.79 Å². The van der Waals surface area contributed by atoms with Gasteiger partial charge in [0.15, 0.2) is 0 Å². The van der Waals surface area contributed by atoms with Gasteiger partial charge in [0.05, 0.1) is 13.2 Å². The third-order valence-electron chi connectivity index (χ3n) is 7.77. The van der Waals surface area contributed by atoms with Crippen molar-refractivity contribution in [3.8, 4) is 0 Å². The van der Waals surface area contributed by atoms with Crippen LogP contribution < -0.4 is 31.4 Å². The third kappa shape index (κ3) is 6.61. The molecule has 1 aliphatic heterocycles. The van der Waals surface area contributed by atoms with Crippen LogP contribution in [0, 0.1) is 13.8 Å². The van der Waals surface area contributed by atoms with Crippen LogP contribution in [0.15, 0.2) is 140 Å². The summed E-state index contributed by atoms with van der Waals surface area (Å²) in [6, 6.07) is 45.6. The molecular weight excluding hydrogens is 519 g/mol. The number of ether oxygens (including phenoxy) is 1. The molecule has 0 bridgehead atoms. The Morgan fingerprint density at radius 1 is 0.643 bits per heavy atom. The van der Waals surface area contributed by atoms with Crippen LogP contribution in [-0.2, 0) is 4.74 Å². The van der Waals surface area contributed by atoms with Crippen LogP contribution in [0.3, 0.4) is 0 Å². The summed E-state index contributed by atoms with van der Waals surface area (Å²) in [5, 5.41) is 0. The van der Waals surface area contributed by atoms with E-state index < -0.39 is 6.15 Å². The second kappa shape index (κ2) is 13.8. The molecule has 0 aliphatic carbocycles. The van der Waals surface area contributed by atoms with Crippen LogP contribution in [0.25, 0.3) is 0 Å². The maximum absolute atomic E-state index is 11.8. The van der Waals surface area contributed by atoms with Crippen LogP contribution in [-0.4, -0.2) is 43.4 Å². The van der Waals surface area contributed by atoms with E-state index >= 15 is 0 Å². The zero-order valence-corrected chi connectivity index (χ0v) is 24.3. The first kappa shape index (κ1) is 28.8. The van der Waals surface area contributed by atoms with E-state index in [0.29, 0.717) is 26.3 Å². The Bertz CT molecular complexity index is 1380. The van der Waals surface area contributed by atoms with Gasteiger partial charge in [-0.2, -0.15) is 26.7 Å². The Hall–Kier alpha value is -4.68. The summed E-state index contributed by atoms with van der Waals surface area (Å²) >= 11 is 0. The quantitative estimate of drug-likeness (QED) is 0.246. The molecule has 212 valence electrons. The molecule has 0 unspecified atom stereocenters. The van der Waals surface area contributed by atoms with E-state index in [1.165, 1.54) is 26.6 Å². The summed E-state index contributed by atoms with van der Waals surface area (Å²) in [6.07, 6.45) is 2.02. The lowest BCUT2D eigenvalue weighted by molar-refractivity contribution is -0.869. The van der Waals surface area contributed by atoms with E-state index in [1.54, 1.807) is 17.3 Å². The van der Waals surface area contributed by atoms with E-state index in [4.69, 9.17) is 9.57 Å². The first-order valence-electron chi connectivity index (χ1n) is 14.5. The number of aryl methyl sites for hydroxylation is 2. The molecule has 0 spiro atoms. The molecule has 0 radical (unpaired) electrons. The highest BCUT2D eigenvalue weighted by molar-refractivity contribution is 7.19. The van der Waals surface area contributed by atoms with E-state index in [0.717, 1.165) is 11.1 Å². The summed E-state index contributed by atoms with van der Waals surface area (Å²) in [5.41, 5.74) is 7.47. The summed E-state index contributed by atoms with van der Waals surface area (Å²) in [7, 11) is 0. The van der Waals surface area contributed by atoms with Gasteiger partial charge in [0.25, 0.3) is 0 Å². The number of pyridine rings is 1. The first-order valence-corrected chi connectivity index (χ1v) is 14.5. The Labute approximate surface area is 248 Å². The van der Waals surface area contributed by atoms with Gasteiger partial charge in [0.1, 0.15) is 6.15 Å². The minimum atomic E-state index is -1.22. The minimum Gasteiger partial charge on any atom is -0.378 e. The standard InChI is InChI=1S/C24H20B.C12H17N2O3/c1-5-13-21(14-6-1)25(22-15-7-2-8-16-22,23-17-9-3-10-18-23)24-19-11-4-12-20-24;1-10-7-11(2)9-14(8-10)17-12(15)13-3-5-16-6-4-13/h1-20H;7-9H,3-6H2,1-2H3/q-1;+1. The molecule has 5 nitrogen and oxygen atoms in total. The molecule has 4 aromatic carbocycles. The van der Waals surface area contributed by atoms with Crippen LogP contribution >= 0.6 is 0 Å². The topological polar surface area (TPSA) is 42.7 Å². The largest absolute Gasteiger partial charge is 0.478 e. The van der Waals surface area contributed by atoms with E-state index in [1.807, 2.05) is 19.9 Å². The predicted molar refractivity (Wildman–Crippen MR) is 171 cm³/mol. The van der Waals surface area contributed by atoms with Gasteiger partial charge in [-0.05, 0) is 19.9 Å². The zero-order valence-electron chi connectivity index (χ0n) is 24.3. The fraction of sp³-hybridized carbons (Fsp3) is 0.167. The maximum atomic E-state index is 11.8. The number of hydrogen-bond donors (Lipinski definition) is 0. The number of hydrogen-bond acceptors (Lipinski definition) is 3. The number of benzene rings is 4. The molecule has 0 saturated carbocycles. The van der Waals surface area contributed by atoms with E-state index in [2.05, 4.69) is 121 Å². The van der Waals surface area contributed by atoms with Gasteiger partial charge in [0, 0.05) is 28.9 Å². The molecule has 0 N–H and O–H groups in total. The second-order valence-corrected chi connectivity index (χ2v) is 10.7. The first-order chi connectivity index (χ1) is 20.6. The number of morpholine rings is 1. The van der Waals surface area contributed by atoms with Gasteiger partial charge in [-0.15, -0.1) is 0 Å². The molecule has 42 heavy (non-hydrogen) atoms. The van der Waals surface area contributed by atoms with Crippen LogP contribution in [0.2, 0.25) is 0 Å². The third-order valence-corrected chi connectivity index (χ3v) is 7.77. The van der Waals surface area contributed by atoms with Crippen molar-refractivity contribution < 1.29 is 19.1 Å². The number of nitrogens with zero attached hydrogens (tertiary/aromatic N) is 2. The SMILES string of the molecule is Cc1cc(C)c[n+](OC(=O)N2CCOCC2)c1.c1ccc([B-](c2ccccc2)(c2ccccc2)c2ccccc2)cc1. The number of aromatic nitrogens is 1. The Morgan fingerprint density at radius 2 is 1.00 bits per heavy atom. The summed E-state index contributed by atoms with van der Waals surface area (Å²) in [4.78, 5) is 18.7. The van der Waals surface area contributed by atoms with Gasteiger partial charge >= 0.3 is 6.09 Å². The average Bonchev–Trinajstić information content (AvgIpc) is 3.04. The summed E-state index contributed by atoms with van der Waals surface area (Å²) in [6.45, 7) is 6.26. The molecule has 2 heterocycles. The van der Waals surface area contributed by atoms with Crippen LogP contribution in [0.5, 0.6) is 0 Å². The molecule has 1 aliphatic rings. The smallest absolute Gasteiger partial charge is 0.378 e. The van der Waals surface area contributed by atoms with Crippen molar-refractivity contribution in [3.63, 3.8) is 0 Å². The lowest BCUT2D eigenvalue weighted by Crippen LogP contribution is -2.74. The predicted octanol–water partition coefficient (Wildman–Crippen LogP) is 3.54. The molecular formula is C36H37BN2O3. The normalized spacial score (nSPS) is 13.0. The minimum absolute atomic E-state index is 0.330. The van der Waals surface area contributed by atoms with Crippen molar-refractivity contribution in [1.29, 1.82) is 0 Å². The molecule has 1 aromatic heterocycles. The molecule has 1 saturated heterocycles. The molecule has 5 aromatic rings. The molecule has 0 atom stereocenters. The van der Waals surface area contributed by atoms with Crippen molar-refractivity contribution >= 4 is 34.1 Å². The number of rotatable bonds is 5. The Balaban J connectivity index is 0.000000181. The van der Waals surface area contributed by atoms with Crippen molar-refractivity contribution in [1.82, 2.24) is 4.90 Å². The number of carbonyl (C=O) groups is 1. The number of amides is 1. The van der Waals surface area contributed by atoms with Gasteiger partial charge in [0.2, 0.25) is 12.4 Å². The lowest BCUT2D eigenvalue weighted by Gasteiger charge is -2.44. The zero-order chi connectivity index (χ0) is 29.2. The second-order valence-electron chi connectivity index (χ2n) is 10.7. The highest BCUT2D eigenvalue weighted by atomic mass is 16.7. The van der Waals surface area contributed by atoms with Gasteiger partial charge < -0.3 is 4.74 Å². The van der Waals surface area contributed by atoms with Crippen LogP contribution in [0.1, 0.15) is 11.1 Å². The number of carbonyl (C=O) groups excluding carboxylic acids is 1. The van der Waals surface area contributed by atoms with E-state index in [9.17, 15) is 4.79 Å². The Morgan fingerprint density at radius 3 is 1.36 bits per heavy atom. The van der Waals surface area contributed by atoms with Crippen LogP contribution in [0.4, 0.5) is 4.79 Å². The molecule has 1 amide bonds. The van der Waals surface area contributed by atoms with E-state index in [-0.39, 0.29) is 6.09 Å². The van der Waals surface area contributed by atoms with Crippen molar-refractivity contribution in [2.45, 2.75) is 13.8 Å². The lowest BCUT2D eigenvalue weighted by atomic mass is 9.13. The summed E-state index contributed by atoms with van der Waals surface area (Å²) < 4.78 is 6.64.